The Bertz CT molecular complexity index is 310. The zero-order valence-corrected chi connectivity index (χ0v) is 17.9. The van der Waals surface area contributed by atoms with Gasteiger partial charge in [0.2, 0.25) is 8.00 Å². The zero-order valence-electron chi connectivity index (χ0n) is 17.0. The van der Waals surface area contributed by atoms with Crippen LogP contribution in [-0.2, 0) is 4.52 Å². The Kier molecular flexibility index (Phi) is 21.3. The summed E-state index contributed by atoms with van der Waals surface area (Å²) in [5, 5.41) is 17.7. The van der Waals surface area contributed by atoms with Gasteiger partial charge in [-0.05, 0) is 6.42 Å². The maximum atomic E-state index is 11.5. The van der Waals surface area contributed by atoms with Gasteiger partial charge < -0.3 is 15.1 Å². The highest BCUT2D eigenvalue weighted by Crippen LogP contribution is 2.15. The summed E-state index contributed by atoms with van der Waals surface area (Å²) in [7, 11) is -1.81. The lowest BCUT2D eigenvalue weighted by molar-refractivity contribution is -0.174. The standard InChI is InChI=1S/C21H43O4P/c1-2-3-4-5-6-7-8-9-10-11-12-13-14-15-16-17-18-26(24)25-20-21(23)19-22/h18,21-23H,2-17,19-20H2,1H3. The van der Waals surface area contributed by atoms with Crippen molar-refractivity contribution >= 4 is 13.8 Å². The number of hydrogen-bond donors (Lipinski definition) is 2. The highest BCUT2D eigenvalue weighted by molar-refractivity contribution is 7.44. The summed E-state index contributed by atoms with van der Waals surface area (Å²) in [6, 6.07) is 0. The number of aliphatic hydroxyl groups excluding tert-OH is 2. The van der Waals surface area contributed by atoms with Crippen molar-refractivity contribution in [3.63, 3.8) is 0 Å². The molecule has 156 valence electrons. The first-order valence-electron chi connectivity index (χ1n) is 10.9. The molecule has 0 heterocycles. The Morgan fingerprint density at radius 2 is 1.23 bits per heavy atom. The van der Waals surface area contributed by atoms with Gasteiger partial charge in [-0.15, -0.1) is 0 Å². The Morgan fingerprint density at radius 1 is 0.808 bits per heavy atom. The van der Waals surface area contributed by atoms with Crippen LogP contribution in [0.1, 0.15) is 110 Å². The van der Waals surface area contributed by atoms with Crippen molar-refractivity contribution in [2.45, 2.75) is 116 Å². The fraction of sp³-hybridized carbons (Fsp3) is 0.952. The fourth-order valence-electron chi connectivity index (χ4n) is 2.98. The van der Waals surface area contributed by atoms with E-state index in [-0.39, 0.29) is 13.2 Å². The van der Waals surface area contributed by atoms with Crippen LogP contribution in [0.3, 0.4) is 0 Å². The van der Waals surface area contributed by atoms with Gasteiger partial charge in [0.05, 0.1) is 6.61 Å². The molecule has 0 saturated carbocycles. The van der Waals surface area contributed by atoms with E-state index in [4.69, 9.17) is 14.7 Å². The van der Waals surface area contributed by atoms with Crippen LogP contribution in [0.4, 0.5) is 0 Å². The minimum absolute atomic E-state index is 0.0684. The molecule has 26 heavy (non-hydrogen) atoms. The molecule has 4 nitrogen and oxygen atoms in total. The molecule has 0 bridgehead atoms. The summed E-state index contributed by atoms with van der Waals surface area (Å²) in [6.07, 6.45) is 20.0. The molecule has 0 rings (SSSR count). The first kappa shape index (κ1) is 26.0. The normalized spacial score (nSPS) is 13.3. The maximum Gasteiger partial charge on any atom is 0.216 e. The van der Waals surface area contributed by atoms with Gasteiger partial charge in [-0.2, -0.15) is 4.52 Å². The highest BCUT2D eigenvalue weighted by atomic mass is 31.1. The quantitative estimate of drug-likeness (QED) is 0.224. The average molecular weight is 391 g/mol. The molecule has 0 aliphatic rings. The topological polar surface area (TPSA) is 72.8 Å². The van der Waals surface area contributed by atoms with E-state index in [9.17, 15) is 4.89 Å². The summed E-state index contributed by atoms with van der Waals surface area (Å²) in [6.45, 7) is 1.84. The minimum atomic E-state index is -1.81. The minimum Gasteiger partial charge on any atom is -0.603 e. The van der Waals surface area contributed by atoms with E-state index in [0.717, 1.165) is 12.8 Å². The van der Waals surface area contributed by atoms with Crippen molar-refractivity contribution in [2.24, 2.45) is 0 Å². The monoisotopic (exact) mass is 390 g/mol. The molecule has 0 aromatic carbocycles. The molecule has 0 aliphatic heterocycles. The molecule has 0 radical (unpaired) electrons. The van der Waals surface area contributed by atoms with Crippen molar-refractivity contribution in [2.75, 3.05) is 13.2 Å². The summed E-state index contributed by atoms with van der Waals surface area (Å²) >= 11 is 0. The smallest absolute Gasteiger partial charge is 0.216 e. The van der Waals surface area contributed by atoms with E-state index in [1.165, 1.54) is 89.9 Å². The van der Waals surface area contributed by atoms with Crippen molar-refractivity contribution in [1.29, 1.82) is 0 Å². The molecule has 0 fully saturated rings. The van der Waals surface area contributed by atoms with E-state index >= 15 is 0 Å². The van der Waals surface area contributed by atoms with E-state index < -0.39 is 14.1 Å². The predicted octanol–water partition coefficient (Wildman–Crippen LogP) is 5.09. The summed E-state index contributed by atoms with van der Waals surface area (Å²) in [4.78, 5) is 11.5. The van der Waals surface area contributed by atoms with Gasteiger partial charge >= 0.3 is 0 Å². The van der Waals surface area contributed by atoms with Crippen LogP contribution in [0.5, 0.6) is 0 Å². The molecule has 0 spiro atoms. The lowest BCUT2D eigenvalue weighted by atomic mass is 10.0. The molecule has 0 aromatic rings. The second-order valence-electron chi connectivity index (χ2n) is 7.34. The molecule has 0 amide bonds. The van der Waals surface area contributed by atoms with Crippen LogP contribution in [-0.4, -0.2) is 35.3 Å². The van der Waals surface area contributed by atoms with Gasteiger partial charge in [0, 0.05) is 6.42 Å². The van der Waals surface area contributed by atoms with Gasteiger partial charge in [0.15, 0.2) is 0 Å². The van der Waals surface area contributed by atoms with Crippen LogP contribution in [0.2, 0.25) is 0 Å². The van der Waals surface area contributed by atoms with Gasteiger partial charge in [0.25, 0.3) is 0 Å². The second kappa shape index (κ2) is 21.3. The van der Waals surface area contributed by atoms with Gasteiger partial charge in [-0.1, -0.05) is 96.8 Å². The fourth-order valence-corrected chi connectivity index (χ4v) is 3.80. The Labute approximate surface area is 162 Å². The number of unbranched alkanes of at least 4 members (excludes halogenated alkanes) is 15. The number of hydrogen-bond acceptors (Lipinski definition) is 4. The Hall–Kier alpha value is 0.01000. The van der Waals surface area contributed by atoms with Crippen molar-refractivity contribution in [3.8, 4) is 0 Å². The number of aliphatic hydroxyl groups is 2. The number of rotatable bonds is 20. The summed E-state index contributed by atoms with van der Waals surface area (Å²) in [5.74, 6) is 1.68. The molecule has 5 heteroatoms. The zero-order chi connectivity index (χ0) is 19.3. The lowest BCUT2D eigenvalue weighted by Gasteiger charge is -2.04. The van der Waals surface area contributed by atoms with Crippen LogP contribution in [0.15, 0.2) is 0 Å². The maximum absolute atomic E-state index is 11.5. The molecule has 0 saturated heterocycles. The second-order valence-corrected chi connectivity index (χ2v) is 8.53. The van der Waals surface area contributed by atoms with Crippen LogP contribution in [0, 0.1) is 0 Å². The van der Waals surface area contributed by atoms with Crippen molar-refractivity contribution < 1.29 is 19.6 Å². The van der Waals surface area contributed by atoms with E-state index in [2.05, 4.69) is 6.92 Å². The molecule has 0 aromatic heterocycles. The molecular weight excluding hydrogens is 347 g/mol. The summed E-state index contributed by atoms with van der Waals surface area (Å²) in [5.41, 5.74) is 0. The predicted molar refractivity (Wildman–Crippen MR) is 112 cm³/mol. The molecule has 0 aliphatic carbocycles. The largest absolute Gasteiger partial charge is 0.603 e. The molecule has 2 N–H and O–H groups in total. The van der Waals surface area contributed by atoms with Gasteiger partial charge in [-0.3, -0.25) is 0 Å². The van der Waals surface area contributed by atoms with Gasteiger partial charge in [0.1, 0.15) is 18.5 Å². The lowest BCUT2D eigenvalue weighted by Crippen LogP contribution is -2.18. The van der Waals surface area contributed by atoms with Gasteiger partial charge in [-0.25, -0.2) is 0 Å². The average Bonchev–Trinajstić information content (AvgIpc) is 2.65. The van der Waals surface area contributed by atoms with Crippen LogP contribution in [0.25, 0.3) is 0 Å². The molecule has 2 unspecified atom stereocenters. The first-order chi connectivity index (χ1) is 12.7. The molecule has 2 atom stereocenters. The highest BCUT2D eigenvalue weighted by Gasteiger charge is 2.06. The Morgan fingerprint density at radius 3 is 1.65 bits per heavy atom. The first-order valence-corrected chi connectivity index (χ1v) is 12.2. The van der Waals surface area contributed by atoms with Crippen molar-refractivity contribution in [1.82, 2.24) is 0 Å². The molecular formula is C21H43O4P. The van der Waals surface area contributed by atoms with E-state index in [1.807, 2.05) is 0 Å². The van der Waals surface area contributed by atoms with Crippen LogP contribution < -0.4 is 4.89 Å². The summed E-state index contributed by atoms with van der Waals surface area (Å²) < 4.78 is 4.96. The Balaban J connectivity index is 3.19. The van der Waals surface area contributed by atoms with Crippen molar-refractivity contribution in [3.05, 3.63) is 0 Å². The third-order valence-electron chi connectivity index (χ3n) is 4.69. The third kappa shape index (κ3) is 20.3. The van der Waals surface area contributed by atoms with E-state index in [0.29, 0.717) is 0 Å². The SMILES string of the molecule is CCCCCCCCCCCCCCCCC/C=[P+](\[O-])OCC(O)CO. The van der Waals surface area contributed by atoms with Crippen LogP contribution >= 0.6 is 8.00 Å². The van der Waals surface area contributed by atoms with E-state index in [1.54, 1.807) is 5.80 Å². The third-order valence-corrected chi connectivity index (χ3v) is 5.65.